The molecular weight excluding hydrogens is 382 g/mol. The fourth-order valence-corrected chi connectivity index (χ4v) is 2.27. The molecule has 152 valence electrons. The minimum Gasteiger partial charge on any atom is -0.497 e. The number of benzene rings is 2. The zero-order chi connectivity index (χ0) is 21.4. The number of nitro groups is 1. The Morgan fingerprint density at radius 2 is 1.86 bits per heavy atom. The molecule has 10 heteroatoms. The molecule has 2 rings (SSSR count). The van der Waals surface area contributed by atoms with E-state index in [0.717, 1.165) is 11.0 Å². The first kappa shape index (κ1) is 21.4. The van der Waals surface area contributed by atoms with Gasteiger partial charge in [0.2, 0.25) is 5.91 Å². The first-order chi connectivity index (χ1) is 13.8. The summed E-state index contributed by atoms with van der Waals surface area (Å²) >= 11 is 0. The first-order valence-corrected chi connectivity index (χ1v) is 8.39. The topological polar surface area (TPSA) is 128 Å². The average molecular weight is 401 g/mol. The molecule has 0 aliphatic heterocycles. The van der Waals surface area contributed by atoms with Crippen LogP contribution in [0.25, 0.3) is 0 Å². The maximum absolute atomic E-state index is 12.1. The fraction of sp³-hybridized carbons (Fsp3) is 0.211. The molecule has 0 saturated heterocycles. The number of anilines is 1. The number of nitrogens with zero attached hydrogens (tertiary/aromatic N) is 2. The van der Waals surface area contributed by atoms with Crippen molar-refractivity contribution >= 4 is 29.2 Å². The summed E-state index contributed by atoms with van der Waals surface area (Å²) in [5.41, 5.74) is 0.190. The summed E-state index contributed by atoms with van der Waals surface area (Å²) in [6.45, 7) is -0.866. The summed E-state index contributed by atoms with van der Waals surface area (Å²) in [6, 6.07) is 11.7. The van der Waals surface area contributed by atoms with Crippen LogP contribution < -0.4 is 10.1 Å². The lowest BCUT2D eigenvalue weighted by atomic mass is 10.2. The van der Waals surface area contributed by atoms with E-state index < -0.39 is 29.3 Å². The second kappa shape index (κ2) is 9.83. The Labute approximate surface area is 166 Å². The van der Waals surface area contributed by atoms with Crippen molar-refractivity contribution in [2.45, 2.75) is 0 Å². The largest absolute Gasteiger partial charge is 0.497 e. The normalized spacial score (nSPS) is 10.0. The van der Waals surface area contributed by atoms with Crippen molar-refractivity contribution in [3.63, 3.8) is 0 Å². The van der Waals surface area contributed by atoms with Crippen LogP contribution in [0.1, 0.15) is 10.4 Å². The molecule has 29 heavy (non-hydrogen) atoms. The smallest absolute Gasteiger partial charge is 0.338 e. The molecule has 0 saturated carbocycles. The van der Waals surface area contributed by atoms with Crippen LogP contribution >= 0.6 is 0 Å². The molecule has 10 nitrogen and oxygen atoms in total. The van der Waals surface area contributed by atoms with Crippen molar-refractivity contribution < 1.29 is 28.8 Å². The van der Waals surface area contributed by atoms with Crippen LogP contribution in [0.4, 0.5) is 11.4 Å². The van der Waals surface area contributed by atoms with E-state index in [0.29, 0.717) is 11.4 Å². The van der Waals surface area contributed by atoms with Crippen LogP contribution in [-0.2, 0) is 14.3 Å². The van der Waals surface area contributed by atoms with Gasteiger partial charge in [0.15, 0.2) is 6.61 Å². The third-order valence-electron chi connectivity index (χ3n) is 3.78. The Morgan fingerprint density at radius 1 is 1.14 bits per heavy atom. The predicted molar refractivity (Wildman–Crippen MR) is 103 cm³/mol. The third kappa shape index (κ3) is 6.31. The van der Waals surface area contributed by atoms with Gasteiger partial charge in [-0.25, -0.2) is 4.79 Å². The highest BCUT2D eigenvalue weighted by molar-refractivity contribution is 5.95. The number of likely N-dealkylation sites (N-methyl/N-ethyl adjacent to an activating group) is 1. The average Bonchev–Trinajstić information content (AvgIpc) is 2.71. The van der Waals surface area contributed by atoms with E-state index >= 15 is 0 Å². The molecule has 0 radical (unpaired) electrons. The van der Waals surface area contributed by atoms with Gasteiger partial charge in [-0.15, -0.1) is 0 Å². The molecule has 0 unspecified atom stereocenters. The second-order valence-corrected chi connectivity index (χ2v) is 5.91. The van der Waals surface area contributed by atoms with E-state index in [9.17, 15) is 24.5 Å². The number of nitrogens with one attached hydrogen (secondary N) is 1. The predicted octanol–water partition coefficient (Wildman–Crippen LogP) is 1.86. The number of nitro benzene ring substituents is 1. The maximum atomic E-state index is 12.1. The van der Waals surface area contributed by atoms with E-state index in [1.807, 2.05) is 0 Å². The molecule has 0 bridgehead atoms. The number of carbonyl (C=O) groups is 3. The fourth-order valence-electron chi connectivity index (χ4n) is 2.27. The van der Waals surface area contributed by atoms with Gasteiger partial charge in [-0.2, -0.15) is 0 Å². The molecule has 0 aromatic heterocycles. The highest BCUT2D eigenvalue weighted by Crippen LogP contribution is 2.16. The lowest BCUT2D eigenvalue weighted by Gasteiger charge is -2.17. The highest BCUT2D eigenvalue weighted by atomic mass is 16.6. The zero-order valence-corrected chi connectivity index (χ0v) is 15.8. The van der Waals surface area contributed by atoms with Gasteiger partial charge in [0.05, 0.1) is 24.1 Å². The molecule has 1 N–H and O–H groups in total. The van der Waals surface area contributed by atoms with E-state index in [2.05, 4.69) is 5.32 Å². The van der Waals surface area contributed by atoms with Crippen LogP contribution in [0.3, 0.4) is 0 Å². The van der Waals surface area contributed by atoms with Crippen molar-refractivity contribution in [1.82, 2.24) is 4.90 Å². The van der Waals surface area contributed by atoms with E-state index in [4.69, 9.17) is 9.47 Å². The molecule has 0 aliphatic rings. The SMILES string of the molecule is COc1cccc(NC(=O)CN(C)C(=O)COC(=O)c2cccc([N+](=O)[O-])c2)c1. The van der Waals surface area contributed by atoms with Crippen LogP contribution in [0.5, 0.6) is 5.75 Å². The van der Waals surface area contributed by atoms with Crippen molar-refractivity contribution in [3.8, 4) is 5.75 Å². The number of non-ortho nitro benzene ring substituents is 1. The molecule has 0 aliphatic carbocycles. The number of rotatable bonds is 8. The lowest BCUT2D eigenvalue weighted by molar-refractivity contribution is -0.384. The van der Waals surface area contributed by atoms with Gasteiger partial charge in [0.25, 0.3) is 11.6 Å². The summed E-state index contributed by atoms with van der Waals surface area (Å²) in [5, 5.41) is 13.4. The number of methoxy groups -OCH3 is 1. The van der Waals surface area contributed by atoms with Crippen molar-refractivity contribution in [1.29, 1.82) is 0 Å². The zero-order valence-electron chi connectivity index (χ0n) is 15.8. The van der Waals surface area contributed by atoms with Gasteiger partial charge in [0.1, 0.15) is 5.75 Å². The summed E-state index contributed by atoms with van der Waals surface area (Å²) in [4.78, 5) is 47.3. The standard InChI is InChI=1S/C19H19N3O7/c1-21(11-17(23)20-14-6-4-8-16(10-14)28-2)18(24)12-29-19(25)13-5-3-7-15(9-13)22(26)27/h3-10H,11-12H2,1-2H3,(H,20,23). The Bertz CT molecular complexity index is 930. The van der Waals surface area contributed by atoms with Crippen molar-refractivity contribution in [3.05, 3.63) is 64.2 Å². The number of hydrogen-bond donors (Lipinski definition) is 1. The summed E-state index contributed by atoms with van der Waals surface area (Å²) in [6.07, 6.45) is 0. The Morgan fingerprint density at radius 3 is 2.55 bits per heavy atom. The monoisotopic (exact) mass is 401 g/mol. The third-order valence-corrected chi connectivity index (χ3v) is 3.78. The number of ether oxygens (including phenoxy) is 2. The molecule has 2 aromatic carbocycles. The molecule has 0 atom stereocenters. The number of esters is 1. The van der Waals surface area contributed by atoms with Gasteiger partial charge < -0.3 is 19.7 Å². The summed E-state index contributed by atoms with van der Waals surface area (Å²) in [5.74, 6) is -1.36. The molecule has 0 spiro atoms. The van der Waals surface area contributed by atoms with Gasteiger partial charge >= 0.3 is 5.97 Å². The van der Waals surface area contributed by atoms with Gasteiger partial charge in [-0.3, -0.25) is 19.7 Å². The van der Waals surface area contributed by atoms with Crippen LogP contribution in [-0.4, -0.2) is 54.9 Å². The van der Waals surface area contributed by atoms with Gasteiger partial charge in [-0.1, -0.05) is 12.1 Å². The number of carbonyl (C=O) groups excluding carboxylic acids is 3. The minimum atomic E-state index is -0.878. The van der Waals surface area contributed by atoms with Crippen LogP contribution in [0.2, 0.25) is 0 Å². The summed E-state index contributed by atoms with van der Waals surface area (Å²) < 4.78 is 9.94. The minimum absolute atomic E-state index is 0.0505. The molecule has 2 aromatic rings. The highest BCUT2D eigenvalue weighted by Gasteiger charge is 2.17. The Balaban J connectivity index is 1.85. The number of amides is 2. The molecule has 0 fully saturated rings. The Hall–Kier alpha value is -3.95. The van der Waals surface area contributed by atoms with Gasteiger partial charge in [0, 0.05) is 30.9 Å². The first-order valence-electron chi connectivity index (χ1n) is 8.39. The molecular formula is C19H19N3O7. The molecule has 0 heterocycles. The van der Waals surface area contributed by atoms with Gasteiger partial charge in [-0.05, 0) is 18.2 Å². The van der Waals surface area contributed by atoms with Crippen molar-refractivity contribution in [2.24, 2.45) is 0 Å². The van der Waals surface area contributed by atoms with Crippen LogP contribution in [0.15, 0.2) is 48.5 Å². The van der Waals surface area contributed by atoms with E-state index in [1.54, 1.807) is 24.3 Å². The Kier molecular flexibility index (Phi) is 7.24. The molecule has 2 amide bonds. The number of hydrogen-bond acceptors (Lipinski definition) is 7. The van der Waals surface area contributed by atoms with Crippen LogP contribution in [0, 0.1) is 10.1 Å². The second-order valence-electron chi connectivity index (χ2n) is 5.91. The lowest BCUT2D eigenvalue weighted by Crippen LogP contribution is -2.37. The van der Waals surface area contributed by atoms with E-state index in [-0.39, 0.29) is 17.8 Å². The van der Waals surface area contributed by atoms with E-state index in [1.165, 1.54) is 32.4 Å². The maximum Gasteiger partial charge on any atom is 0.338 e. The van der Waals surface area contributed by atoms with Crippen molar-refractivity contribution in [2.75, 3.05) is 32.6 Å². The summed E-state index contributed by atoms with van der Waals surface area (Å²) in [7, 11) is 2.89. The quantitative estimate of drug-likeness (QED) is 0.406.